The minimum Gasteiger partial charge on any atom is -0.377 e. The van der Waals surface area contributed by atoms with Crippen molar-refractivity contribution in [3.8, 4) is 0 Å². The van der Waals surface area contributed by atoms with Crippen LogP contribution in [-0.4, -0.2) is 18.8 Å². The third kappa shape index (κ3) is 1.74. The van der Waals surface area contributed by atoms with Crippen LogP contribution in [0.25, 0.3) is 0 Å². The van der Waals surface area contributed by atoms with Crippen LogP contribution in [0.2, 0.25) is 0 Å². The average Bonchev–Trinajstić information content (AvgIpc) is 1.84. The molecule has 0 bridgehead atoms. The highest BCUT2D eigenvalue weighted by Crippen LogP contribution is 2.33. The van der Waals surface area contributed by atoms with Crippen molar-refractivity contribution in [1.29, 1.82) is 0 Å². The Morgan fingerprint density at radius 2 is 2.00 bits per heavy atom. The Hall–Kier alpha value is -0.0800. The molecule has 2 N–H and O–H groups in total. The first-order chi connectivity index (χ1) is 5.08. The molecule has 1 aliphatic rings. The van der Waals surface area contributed by atoms with Gasteiger partial charge in [-0.3, -0.25) is 0 Å². The molecule has 1 rings (SSSR count). The fourth-order valence-corrected chi connectivity index (χ4v) is 1.50. The van der Waals surface area contributed by atoms with Gasteiger partial charge in [0.05, 0.1) is 5.60 Å². The van der Waals surface area contributed by atoms with E-state index >= 15 is 0 Å². The molecule has 0 aromatic rings. The van der Waals surface area contributed by atoms with Crippen molar-refractivity contribution in [1.82, 2.24) is 0 Å². The molecule has 2 nitrogen and oxygen atoms in total. The SMILES string of the molecule is COC(C)(C)C(N)C1CCC1. The second kappa shape index (κ2) is 3.11. The second-order valence-electron chi connectivity index (χ2n) is 4.02. The Labute approximate surface area is 69.1 Å². The van der Waals surface area contributed by atoms with Gasteiger partial charge in [0.2, 0.25) is 0 Å². The lowest BCUT2D eigenvalue weighted by atomic mass is 9.74. The second-order valence-corrected chi connectivity index (χ2v) is 4.02. The van der Waals surface area contributed by atoms with Crippen molar-refractivity contribution in [2.75, 3.05) is 7.11 Å². The molecule has 0 amide bonds. The highest BCUT2D eigenvalue weighted by atomic mass is 16.5. The number of hydrogen-bond donors (Lipinski definition) is 1. The Morgan fingerprint density at radius 1 is 1.45 bits per heavy atom. The summed E-state index contributed by atoms with van der Waals surface area (Å²) in [6.45, 7) is 4.13. The molecule has 0 saturated heterocycles. The van der Waals surface area contributed by atoms with Crippen LogP contribution in [0.1, 0.15) is 33.1 Å². The summed E-state index contributed by atoms with van der Waals surface area (Å²) in [6.07, 6.45) is 3.92. The van der Waals surface area contributed by atoms with Crippen LogP contribution in [-0.2, 0) is 4.74 Å². The molecule has 1 unspecified atom stereocenters. The molecule has 0 aromatic carbocycles. The van der Waals surface area contributed by atoms with Gasteiger partial charge in [-0.05, 0) is 32.6 Å². The first-order valence-corrected chi connectivity index (χ1v) is 4.38. The van der Waals surface area contributed by atoms with Crippen LogP contribution in [0.4, 0.5) is 0 Å². The van der Waals surface area contributed by atoms with Gasteiger partial charge in [0.15, 0.2) is 0 Å². The summed E-state index contributed by atoms with van der Waals surface area (Å²) in [6, 6.07) is 0.209. The van der Waals surface area contributed by atoms with Gasteiger partial charge < -0.3 is 10.5 Å². The smallest absolute Gasteiger partial charge is 0.0775 e. The van der Waals surface area contributed by atoms with Crippen LogP contribution < -0.4 is 5.73 Å². The average molecular weight is 157 g/mol. The maximum atomic E-state index is 6.04. The topological polar surface area (TPSA) is 35.2 Å². The monoisotopic (exact) mass is 157 g/mol. The van der Waals surface area contributed by atoms with E-state index < -0.39 is 0 Å². The van der Waals surface area contributed by atoms with Crippen LogP contribution >= 0.6 is 0 Å². The van der Waals surface area contributed by atoms with E-state index in [1.807, 2.05) is 0 Å². The molecule has 1 aliphatic carbocycles. The summed E-state index contributed by atoms with van der Waals surface area (Å²) in [5.41, 5.74) is 5.89. The van der Waals surface area contributed by atoms with Crippen molar-refractivity contribution < 1.29 is 4.74 Å². The lowest BCUT2D eigenvalue weighted by Crippen LogP contribution is -2.51. The first-order valence-electron chi connectivity index (χ1n) is 4.38. The fourth-order valence-electron chi connectivity index (χ4n) is 1.50. The van der Waals surface area contributed by atoms with Gasteiger partial charge in [-0.15, -0.1) is 0 Å². The Bertz CT molecular complexity index is 130. The standard InChI is InChI=1S/C9H19NO/c1-9(2,11-3)8(10)7-5-4-6-7/h7-8H,4-6,10H2,1-3H3. The third-order valence-corrected chi connectivity index (χ3v) is 2.99. The largest absolute Gasteiger partial charge is 0.377 e. The molecule has 1 fully saturated rings. The molecular weight excluding hydrogens is 138 g/mol. The minimum absolute atomic E-state index is 0.148. The zero-order chi connectivity index (χ0) is 8.48. The van der Waals surface area contributed by atoms with E-state index in [4.69, 9.17) is 10.5 Å². The normalized spacial score (nSPS) is 22.9. The molecule has 1 atom stereocenters. The predicted octanol–water partition coefficient (Wildman–Crippen LogP) is 1.54. The Kier molecular flexibility index (Phi) is 2.55. The zero-order valence-corrected chi connectivity index (χ0v) is 7.76. The van der Waals surface area contributed by atoms with Crippen molar-refractivity contribution >= 4 is 0 Å². The van der Waals surface area contributed by atoms with Crippen molar-refractivity contribution in [2.24, 2.45) is 11.7 Å². The summed E-state index contributed by atoms with van der Waals surface area (Å²) in [4.78, 5) is 0. The van der Waals surface area contributed by atoms with E-state index in [-0.39, 0.29) is 11.6 Å². The van der Waals surface area contributed by atoms with E-state index in [2.05, 4.69) is 13.8 Å². The summed E-state index contributed by atoms with van der Waals surface area (Å²) in [5.74, 6) is 0.699. The van der Waals surface area contributed by atoms with Crippen molar-refractivity contribution in [2.45, 2.75) is 44.8 Å². The van der Waals surface area contributed by atoms with E-state index in [1.165, 1.54) is 19.3 Å². The number of hydrogen-bond acceptors (Lipinski definition) is 2. The van der Waals surface area contributed by atoms with Crippen LogP contribution in [0.3, 0.4) is 0 Å². The van der Waals surface area contributed by atoms with Gasteiger partial charge in [-0.1, -0.05) is 6.42 Å². The highest BCUT2D eigenvalue weighted by molar-refractivity contribution is 4.91. The maximum absolute atomic E-state index is 6.04. The molecule has 0 spiro atoms. The fraction of sp³-hybridized carbons (Fsp3) is 1.00. The molecule has 2 heteroatoms. The molecule has 0 heterocycles. The summed E-state index contributed by atoms with van der Waals surface area (Å²) >= 11 is 0. The van der Waals surface area contributed by atoms with E-state index in [9.17, 15) is 0 Å². The minimum atomic E-state index is -0.148. The van der Waals surface area contributed by atoms with Gasteiger partial charge >= 0.3 is 0 Å². The molecule has 11 heavy (non-hydrogen) atoms. The molecule has 0 radical (unpaired) electrons. The quantitative estimate of drug-likeness (QED) is 0.674. The molecule has 66 valence electrons. The van der Waals surface area contributed by atoms with Crippen LogP contribution in [0.15, 0.2) is 0 Å². The van der Waals surface area contributed by atoms with Crippen molar-refractivity contribution in [3.63, 3.8) is 0 Å². The zero-order valence-electron chi connectivity index (χ0n) is 7.76. The van der Waals surface area contributed by atoms with E-state index in [1.54, 1.807) is 7.11 Å². The van der Waals surface area contributed by atoms with Crippen molar-refractivity contribution in [3.05, 3.63) is 0 Å². The number of ether oxygens (including phenoxy) is 1. The van der Waals surface area contributed by atoms with Gasteiger partial charge in [-0.2, -0.15) is 0 Å². The molecule has 0 aromatic heterocycles. The third-order valence-electron chi connectivity index (χ3n) is 2.99. The van der Waals surface area contributed by atoms with Gasteiger partial charge in [-0.25, -0.2) is 0 Å². The Morgan fingerprint density at radius 3 is 2.27 bits per heavy atom. The summed E-state index contributed by atoms with van der Waals surface area (Å²) in [5, 5.41) is 0. The first kappa shape index (κ1) is 9.01. The number of rotatable bonds is 3. The van der Waals surface area contributed by atoms with E-state index in [0.29, 0.717) is 5.92 Å². The Balaban J connectivity index is 2.44. The molecular formula is C9H19NO. The lowest BCUT2D eigenvalue weighted by molar-refractivity contribution is -0.0267. The molecule has 1 saturated carbocycles. The molecule has 0 aliphatic heterocycles. The number of methoxy groups -OCH3 is 1. The van der Waals surface area contributed by atoms with Gasteiger partial charge in [0.1, 0.15) is 0 Å². The van der Waals surface area contributed by atoms with Gasteiger partial charge in [0.25, 0.3) is 0 Å². The lowest BCUT2D eigenvalue weighted by Gasteiger charge is -2.40. The maximum Gasteiger partial charge on any atom is 0.0775 e. The van der Waals surface area contributed by atoms with Crippen LogP contribution in [0, 0.1) is 5.92 Å². The summed E-state index contributed by atoms with van der Waals surface area (Å²) < 4.78 is 5.33. The summed E-state index contributed by atoms with van der Waals surface area (Å²) in [7, 11) is 1.73. The van der Waals surface area contributed by atoms with Crippen LogP contribution in [0.5, 0.6) is 0 Å². The number of nitrogens with two attached hydrogens (primary N) is 1. The highest BCUT2D eigenvalue weighted by Gasteiger charge is 2.35. The van der Waals surface area contributed by atoms with E-state index in [0.717, 1.165) is 0 Å². The predicted molar refractivity (Wildman–Crippen MR) is 46.4 cm³/mol. The van der Waals surface area contributed by atoms with Gasteiger partial charge in [0, 0.05) is 13.2 Å².